The molecular formula is C17H16ClNO2S. The van der Waals surface area contributed by atoms with Crippen LogP contribution in [0.5, 0.6) is 0 Å². The van der Waals surface area contributed by atoms with Crippen LogP contribution in [0.25, 0.3) is 0 Å². The summed E-state index contributed by atoms with van der Waals surface area (Å²) in [5, 5.41) is 9.49. The van der Waals surface area contributed by atoms with Gasteiger partial charge in [0.2, 0.25) is 0 Å². The number of benzene rings is 2. The first-order valence-corrected chi connectivity index (χ1v) is 8.88. The molecule has 22 heavy (non-hydrogen) atoms. The van der Waals surface area contributed by atoms with Crippen LogP contribution in [0.1, 0.15) is 23.5 Å². The minimum absolute atomic E-state index is 0.106. The molecule has 0 aliphatic rings. The maximum Gasteiger partial charge on any atom is 0.179 e. The predicted octanol–water partition coefficient (Wildman–Crippen LogP) is 4.12. The topological polar surface area (TPSA) is 57.9 Å². The number of nitriles is 1. The average molecular weight is 334 g/mol. The van der Waals surface area contributed by atoms with Gasteiger partial charge in [-0.1, -0.05) is 47.5 Å². The molecule has 0 bridgehead atoms. The van der Waals surface area contributed by atoms with Gasteiger partial charge in [-0.25, -0.2) is 8.42 Å². The highest BCUT2D eigenvalue weighted by Crippen LogP contribution is 2.29. The molecule has 0 aliphatic heterocycles. The highest BCUT2D eigenvalue weighted by Gasteiger charge is 2.24. The molecule has 0 spiro atoms. The Morgan fingerprint density at radius 2 is 1.77 bits per heavy atom. The van der Waals surface area contributed by atoms with Crippen molar-refractivity contribution in [3.63, 3.8) is 0 Å². The second kappa shape index (κ2) is 6.95. The standard InChI is InChI=1S/C17H16ClNO2S/c1-13-6-8-15(9-7-13)22(20,21)12-14(10-11-19)16-4-2-3-5-17(16)18/h2-9,14H,10,12H2,1H3. The lowest BCUT2D eigenvalue weighted by Crippen LogP contribution is -2.15. The first kappa shape index (κ1) is 16.5. The highest BCUT2D eigenvalue weighted by molar-refractivity contribution is 7.91. The van der Waals surface area contributed by atoms with Gasteiger partial charge in [0.1, 0.15) is 0 Å². The molecule has 0 heterocycles. The molecule has 114 valence electrons. The molecule has 2 aromatic rings. The van der Waals surface area contributed by atoms with Gasteiger partial charge in [0.05, 0.1) is 16.7 Å². The Morgan fingerprint density at radius 3 is 2.36 bits per heavy atom. The van der Waals surface area contributed by atoms with Crippen molar-refractivity contribution >= 4 is 21.4 Å². The second-order valence-corrected chi connectivity index (χ2v) is 7.62. The van der Waals surface area contributed by atoms with E-state index >= 15 is 0 Å². The summed E-state index contributed by atoms with van der Waals surface area (Å²) in [5.41, 5.74) is 1.69. The zero-order valence-corrected chi connectivity index (χ0v) is 13.7. The lowest BCUT2D eigenvalue weighted by molar-refractivity contribution is 0.588. The van der Waals surface area contributed by atoms with Crippen molar-refractivity contribution in [2.75, 3.05) is 5.75 Å². The molecule has 0 radical (unpaired) electrons. The van der Waals surface area contributed by atoms with E-state index in [4.69, 9.17) is 16.9 Å². The fourth-order valence-corrected chi connectivity index (χ4v) is 4.14. The number of sulfone groups is 1. The molecule has 1 unspecified atom stereocenters. The van der Waals surface area contributed by atoms with E-state index in [0.717, 1.165) is 5.56 Å². The maximum absolute atomic E-state index is 12.6. The fraction of sp³-hybridized carbons (Fsp3) is 0.235. The Labute approximate surface area is 136 Å². The summed E-state index contributed by atoms with van der Waals surface area (Å²) >= 11 is 6.15. The van der Waals surface area contributed by atoms with Crippen LogP contribution < -0.4 is 0 Å². The summed E-state index contributed by atoms with van der Waals surface area (Å²) in [6.45, 7) is 1.90. The smallest absolute Gasteiger partial charge is 0.179 e. The molecule has 0 fully saturated rings. The molecule has 5 heteroatoms. The lowest BCUT2D eigenvalue weighted by Gasteiger charge is -2.16. The van der Waals surface area contributed by atoms with Crippen LogP contribution in [0, 0.1) is 18.3 Å². The van der Waals surface area contributed by atoms with E-state index < -0.39 is 15.8 Å². The minimum atomic E-state index is -3.47. The predicted molar refractivity (Wildman–Crippen MR) is 87.7 cm³/mol. The summed E-state index contributed by atoms with van der Waals surface area (Å²) in [4.78, 5) is 0.271. The van der Waals surface area contributed by atoms with Crippen molar-refractivity contribution in [2.24, 2.45) is 0 Å². The van der Waals surface area contributed by atoms with E-state index in [2.05, 4.69) is 6.07 Å². The molecule has 3 nitrogen and oxygen atoms in total. The molecule has 0 aliphatic carbocycles. The molecule has 0 amide bonds. The van der Waals surface area contributed by atoms with Gasteiger partial charge in [-0.3, -0.25) is 0 Å². The van der Waals surface area contributed by atoms with Crippen LogP contribution in [-0.4, -0.2) is 14.2 Å². The number of halogens is 1. The Morgan fingerprint density at radius 1 is 1.14 bits per heavy atom. The van der Waals surface area contributed by atoms with Crippen molar-refractivity contribution in [3.8, 4) is 6.07 Å². The molecule has 0 saturated heterocycles. The van der Waals surface area contributed by atoms with Gasteiger partial charge in [-0.05, 0) is 30.7 Å². The normalized spacial score (nSPS) is 12.6. The van der Waals surface area contributed by atoms with Crippen molar-refractivity contribution in [1.29, 1.82) is 5.26 Å². The van der Waals surface area contributed by atoms with Gasteiger partial charge in [0.15, 0.2) is 9.84 Å². The fourth-order valence-electron chi connectivity index (χ4n) is 2.28. The number of hydrogen-bond donors (Lipinski definition) is 0. The van der Waals surface area contributed by atoms with E-state index in [1.165, 1.54) is 0 Å². The van der Waals surface area contributed by atoms with Crippen LogP contribution in [0.2, 0.25) is 5.02 Å². The van der Waals surface area contributed by atoms with Crippen LogP contribution in [0.15, 0.2) is 53.4 Å². The lowest BCUT2D eigenvalue weighted by atomic mass is 9.98. The highest BCUT2D eigenvalue weighted by atomic mass is 35.5. The Hall–Kier alpha value is -1.83. The maximum atomic E-state index is 12.6. The second-order valence-electron chi connectivity index (χ2n) is 5.18. The van der Waals surface area contributed by atoms with Gasteiger partial charge in [0.25, 0.3) is 0 Å². The third kappa shape index (κ3) is 3.88. The Balaban J connectivity index is 2.34. The Bertz CT molecular complexity index is 792. The van der Waals surface area contributed by atoms with Crippen molar-refractivity contribution < 1.29 is 8.42 Å². The van der Waals surface area contributed by atoms with E-state index in [-0.39, 0.29) is 17.1 Å². The third-order valence-electron chi connectivity index (χ3n) is 3.48. The molecule has 1 atom stereocenters. The van der Waals surface area contributed by atoms with E-state index in [1.54, 1.807) is 48.5 Å². The largest absolute Gasteiger partial charge is 0.224 e. The van der Waals surface area contributed by atoms with Gasteiger partial charge in [0, 0.05) is 17.4 Å². The van der Waals surface area contributed by atoms with Gasteiger partial charge in [-0.2, -0.15) is 5.26 Å². The molecule has 2 rings (SSSR count). The zero-order valence-electron chi connectivity index (χ0n) is 12.2. The molecule has 2 aromatic carbocycles. The number of hydrogen-bond acceptors (Lipinski definition) is 3. The molecule has 0 saturated carbocycles. The number of aryl methyl sites for hydroxylation is 1. The monoisotopic (exact) mass is 333 g/mol. The summed E-state index contributed by atoms with van der Waals surface area (Å²) in [7, 11) is -3.47. The average Bonchev–Trinajstić information content (AvgIpc) is 2.47. The SMILES string of the molecule is Cc1ccc(S(=O)(=O)CC(CC#N)c2ccccc2Cl)cc1. The number of nitrogens with zero attached hydrogens (tertiary/aromatic N) is 1. The van der Waals surface area contributed by atoms with Crippen LogP contribution in [0.4, 0.5) is 0 Å². The summed E-state index contributed by atoms with van der Waals surface area (Å²) in [5.74, 6) is -0.571. The van der Waals surface area contributed by atoms with Crippen molar-refractivity contribution in [3.05, 3.63) is 64.7 Å². The molecule has 0 aromatic heterocycles. The van der Waals surface area contributed by atoms with E-state index in [9.17, 15) is 8.42 Å². The van der Waals surface area contributed by atoms with Gasteiger partial charge in [-0.15, -0.1) is 0 Å². The quantitative estimate of drug-likeness (QED) is 0.827. The minimum Gasteiger partial charge on any atom is -0.224 e. The van der Waals surface area contributed by atoms with E-state index in [1.807, 2.05) is 6.92 Å². The van der Waals surface area contributed by atoms with Gasteiger partial charge < -0.3 is 0 Å². The summed E-state index contributed by atoms with van der Waals surface area (Å²) < 4.78 is 25.1. The van der Waals surface area contributed by atoms with E-state index in [0.29, 0.717) is 10.6 Å². The molecule has 0 N–H and O–H groups in total. The van der Waals surface area contributed by atoms with Crippen molar-refractivity contribution in [1.82, 2.24) is 0 Å². The third-order valence-corrected chi connectivity index (χ3v) is 5.66. The van der Waals surface area contributed by atoms with Crippen LogP contribution in [-0.2, 0) is 9.84 Å². The summed E-state index contributed by atoms with van der Waals surface area (Å²) in [6.07, 6.45) is 0.106. The number of rotatable bonds is 5. The Kier molecular flexibility index (Phi) is 5.23. The zero-order chi connectivity index (χ0) is 16.2. The first-order chi connectivity index (χ1) is 10.4. The molecular weight excluding hydrogens is 318 g/mol. The van der Waals surface area contributed by atoms with Crippen LogP contribution in [0.3, 0.4) is 0 Å². The summed E-state index contributed by atoms with van der Waals surface area (Å²) in [6, 6.07) is 15.8. The van der Waals surface area contributed by atoms with Gasteiger partial charge >= 0.3 is 0 Å². The van der Waals surface area contributed by atoms with Crippen molar-refractivity contribution in [2.45, 2.75) is 24.2 Å². The first-order valence-electron chi connectivity index (χ1n) is 6.85. The van der Waals surface area contributed by atoms with Crippen LogP contribution >= 0.6 is 11.6 Å².